The Labute approximate surface area is 146 Å². The Bertz CT molecular complexity index is 745. The molecular weight excluding hydrogens is 322 g/mol. The van der Waals surface area contributed by atoms with E-state index in [-0.39, 0.29) is 5.56 Å². The lowest BCUT2D eigenvalue weighted by Gasteiger charge is -2.38. The van der Waals surface area contributed by atoms with Crippen LogP contribution >= 0.6 is 11.3 Å². The molecule has 1 fully saturated rings. The second-order valence-electron chi connectivity index (χ2n) is 7.25. The van der Waals surface area contributed by atoms with Crippen LogP contribution in [0.2, 0.25) is 0 Å². The topological polar surface area (TPSA) is 62.5 Å². The number of hydrogen-bond acceptors (Lipinski definition) is 6. The fourth-order valence-electron chi connectivity index (χ4n) is 3.33. The number of nitrogens with one attached hydrogen (secondary N) is 1. The third kappa shape index (κ3) is 3.78. The van der Waals surface area contributed by atoms with E-state index >= 15 is 0 Å². The quantitative estimate of drug-likeness (QED) is 0.899. The van der Waals surface area contributed by atoms with Crippen molar-refractivity contribution in [2.45, 2.75) is 46.6 Å². The van der Waals surface area contributed by atoms with Gasteiger partial charge in [-0.05, 0) is 44.7 Å². The number of nitrogens with zero attached hydrogens (tertiary/aromatic N) is 4. The number of aromatic nitrogens is 3. The van der Waals surface area contributed by atoms with Crippen molar-refractivity contribution in [3.8, 4) is 0 Å². The molecule has 7 heteroatoms. The number of piperidine rings is 1. The summed E-state index contributed by atoms with van der Waals surface area (Å²) in [5, 5.41) is 8.57. The lowest BCUT2D eigenvalue weighted by atomic mass is 9.94. The normalized spacial score (nSPS) is 18.4. The summed E-state index contributed by atoms with van der Waals surface area (Å²) in [6, 6.07) is 2.00. The van der Waals surface area contributed by atoms with Crippen molar-refractivity contribution in [3.63, 3.8) is 0 Å². The zero-order valence-electron chi connectivity index (χ0n) is 15.0. The predicted molar refractivity (Wildman–Crippen MR) is 99.0 cm³/mol. The van der Waals surface area contributed by atoms with E-state index in [0.717, 1.165) is 23.3 Å². The van der Waals surface area contributed by atoms with Gasteiger partial charge < -0.3 is 5.32 Å². The van der Waals surface area contributed by atoms with E-state index in [1.54, 1.807) is 0 Å². The van der Waals surface area contributed by atoms with E-state index in [2.05, 4.69) is 41.1 Å². The third-order valence-corrected chi connectivity index (χ3v) is 5.76. The molecule has 2 aromatic rings. The van der Waals surface area contributed by atoms with E-state index in [9.17, 15) is 4.79 Å². The summed E-state index contributed by atoms with van der Waals surface area (Å²) in [5.41, 5.74) is 0.616. The van der Waals surface area contributed by atoms with Gasteiger partial charge in [-0.25, -0.2) is 4.98 Å². The fraction of sp³-hybridized carbons (Fsp3) is 0.706. The second-order valence-corrected chi connectivity index (χ2v) is 8.20. The first-order valence-corrected chi connectivity index (χ1v) is 9.61. The van der Waals surface area contributed by atoms with Crippen LogP contribution in [0.15, 0.2) is 10.9 Å². The second kappa shape index (κ2) is 7.19. The van der Waals surface area contributed by atoms with Crippen LogP contribution in [0.25, 0.3) is 4.96 Å². The molecule has 0 unspecified atom stereocenters. The molecule has 1 aliphatic heterocycles. The molecule has 3 heterocycles. The van der Waals surface area contributed by atoms with Gasteiger partial charge in [-0.1, -0.05) is 32.1 Å². The highest BCUT2D eigenvalue weighted by Gasteiger charge is 2.25. The summed E-state index contributed by atoms with van der Waals surface area (Å²) < 4.78 is 1.38. The van der Waals surface area contributed by atoms with Crippen molar-refractivity contribution in [2.24, 2.45) is 11.8 Å². The Hall–Kier alpha value is -1.47. The lowest BCUT2D eigenvalue weighted by molar-refractivity contribution is 0.115. The van der Waals surface area contributed by atoms with Crippen molar-refractivity contribution >= 4 is 21.4 Å². The first-order chi connectivity index (χ1) is 11.4. The molecule has 24 heavy (non-hydrogen) atoms. The van der Waals surface area contributed by atoms with E-state index in [1.165, 1.54) is 47.8 Å². The summed E-state index contributed by atoms with van der Waals surface area (Å²) >= 11 is 1.44. The molecule has 3 rings (SSSR count). The number of hydrogen-bond donors (Lipinski definition) is 1. The maximum atomic E-state index is 12.0. The summed E-state index contributed by atoms with van der Waals surface area (Å²) in [7, 11) is 0. The van der Waals surface area contributed by atoms with Crippen LogP contribution in [-0.2, 0) is 0 Å². The van der Waals surface area contributed by atoms with Crippen molar-refractivity contribution in [1.29, 1.82) is 0 Å². The van der Waals surface area contributed by atoms with Crippen LogP contribution in [-0.4, -0.2) is 45.2 Å². The minimum Gasteiger partial charge on any atom is -0.358 e. The molecular formula is C17H27N5OS. The smallest absolute Gasteiger partial charge is 0.275 e. The van der Waals surface area contributed by atoms with E-state index in [4.69, 9.17) is 0 Å². The number of anilines is 1. The van der Waals surface area contributed by atoms with Crippen molar-refractivity contribution in [2.75, 3.05) is 25.0 Å². The minimum absolute atomic E-state index is 0.118. The summed E-state index contributed by atoms with van der Waals surface area (Å²) in [6.45, 7) is 11.9. The molecule has 132 valence electrons. The molecule has 0 radical (unpaired) electrons. The number of rotatable bonds is 5. The fourth-order valence-corrected chi connectivity index (χ4v) is 4.19. The highest BCUT2D eigenvalue weighted by Crippen LogP contribution is 2.23. The molecule has 2 aromatic heterocycles. The van der Waals surface area contributed by atoms with Gasteiger partial charge in [-0.2, -0.15) is 4.52 Å². The number of aryl methyl sites for hydroxylation is 1. The molecule has 0 aromatic carbocycles. The highest BCUT2D eigenvalue weighted by molar-refractivity contribution is 7.20. The first kappa shape index (κ1) is 17.4. The van der Waals surface area contributed by atoms with E-state index < -0.39 is 0 Å². The molecule has 0 bridgehead atoms. The van der Waals surface area contributed by atoms with Crippen LogP contribution < -0.4 is 10.9 Å². The van der Waals surface area contributed by atoms with Gasteiger partial charge in [0, 0.05) is 24.3 Å². The van der Waals surface area contributed by atoms with Crippen molar-refractivity contribution in [3.05, 3.63) is 22.1 Å². The monoisotopic (exact) mass is 349 g/mol. The zero-order valence-corrected chi connectivity index (χ0v) is 15.8. The molecule has 0 amide bonds. The molecule has 0 aliphatic carbocycles. The third-order valence-electron chi connectivity index (χ3n) is 4.89. The number of fused-ring (bicyclic) bond motifs is 1. The maximum absolute atomic E-state index is 12.0. The van der Waals surface area contributed by atoms with Gasteiger partial charge in [0.15, 0.2) is 0 Å². The standard InChI is InChI=1S/C17H27N5OS/c1-11(2)14(21-7-5-12(3)6-8-21)10-18-16-20-22-15(23)9-13(4)19-17(22)24-16/h9,11-12,14H,5-8,10H2,1-4H3,(H,18,20)/t14-/m1/s1. The SMILES string of the molecule is Cc1cc(=O)n2nc(NC[C@H](C(C)C)N3CCC(C)CC3)sc2n1. The number of likely N-dealkylation sites (tertiary alicyclic amines) is 1. The minimum atomic E-state index is -0.118. The van der Waals surface area contributed by atoms with Crippen molar-refractivity contribution in [1.82, 2.24) is 19.5 Å². The largest absolute Gasteiger partial charge is 0.358 e. The van der Waals surface area contributed by atoms with Crippen LogP contribution in [0.4, 0.5) is 5.13 Å². The molecule has 1 saturated heterocycles. The Morgan fingerprint density at radius 1 is 1.38 bits per heavy atom. The van der Waals surface area contributed by atoms with Gasteiger partial charge >= 0.3 is 0 Å². The molecule has 1 N–H and O–H groups in total. The van der Waals surface area contributed by atoms with Crippen LogP contribution in [0.5, 0.6) is 0 Å². The van der Waals surface area contributed by atoms with Gasteiger partial charge in [-0.3, -0.25) is 9.69 Å². The van der Waals surface area contributed by atoms with Crippen LogP contribution in [0.3, 0.4) is 0 Å². The van der Waals surface area contributed by atoms with E-state index in [1.807, 2.05) is 6.92 Å². The van der Waals surface area contributed by atoms with Crippen LogP contribution in [0.1, 0.15) is 39.3 Å². The van der Waals surface area contributed by atoms with E-state index in [0.29, 0.717) is 16.9 Å². The van der Waals surface area contributed by atoms with Gasteiger partial charge in [0.1, 0.15) is 0 Å². The zero-order chi connectivity index (χ0) is 17.3. The van der Waals surface area contributed by atoms with Gasteiger partial charge in [-0.15, -0.1) is 5.10 Å². The molecule has 0 spiro atoms. The van der Waals surface area contributed by atoms with Crippen LogP contribution in [0, 0.1) is 18.8 Å². The molecule has 6 nitrogen and oxygen atoms in total. The molecule has 0 saturated carbocycles. The average Bonchev–Trinajstić information content (AvgIpc) is 2.92. The Morgan fingerprint density at radius 3 is 2.75 bits per heavy atom. The Kier molecular flexibility index (Phi) is 5.20. The predicted octanol–water partition coefficient (Wildman–Crippen LogP) is 2.63. The Morgan fingerprint density at radius 2 is 2.08 bits per heavy atom. The first-order valence-electron chi connectivity index (χ1n) is 8.79. The summed E-state index contributed by atoms with van der Waals surface area (Å²) in [4.78, 5) is 19.6. The lowest BCUT2D eigenvalue weighted by Crippen LogP contribution is -2.47. The van der Waals surface area contributed by atoms with Gasteiger partial charge in [0.2, 0.25) is 10.1 Å². The van der Waals surface area contributed by atoms with Crippen molar-refractivity contribution < 1.29 is 0 Å². The van der Waals surface area contributed by atoms with Gasteiger partial charge in [0.25, 0.3) is 5.56 Å². The van der Waals surface area contributed by atoms with Gasteiger partial charge in [0.05, 0.1) is 0 Å². The summed E-state index contributed by atoms with van der Waals surface area (Å²) in [6.07, 6.45) is 2.56. The highest BCUT2D eigenvalue weighted by atomic mass is 32.1. The maximum Gasteiger partial charge on any atom is 0.275 e. The molecule has 1 atom stereocenters. The molecule has 1 aliphatic rings. The average molecular weight is 350 g/mol. The summed E-state index contributed by atoms with van der Waals surface area (Å²) in [5.74, 6) is 1.41. The Balaban J connectivity index is 1.70.